The Morgan fingerprint density at radius 1 is 1.39 bits per heavy atom. The molecule has 0 radical (unpaired) electrons. The average Bonchev–Trinajstić information content (AvgIpc) is 2.25. The van der Waals surface area contributed by atoms with Crippen LogP contribution in [-0.4, -0.2) is 17.0 Å². The van der Waals surface area contributed by atoms with Crippen molar-refractivity contribution in [3.8, 4) is 0 Å². The highest BCUT2D eigenvalue weighted by Crippen LogP contribution is 2.40. The van der Waals surface area contributed by atoms with E-state index in [0.29, 0.717) is 0 Å². The Hall–Kier alpha value is -2.25. The maximum atomic E-state index is 12.8. The Bertz CT molecular complexity index is 537. The van der Waals surface area contributed by atoms with Crippen LogP contribution in [0.15, 0.2) is 12.1 Å². The van der Waals surface area contributed by atoms with Gasteiger partial charge < -0.3 is 0 Å². The van der Waals surface area contributed by atoms with Gasteiger partial charge in [0.15, 0.2) is 12.1 Å². The largest absolute Gasteiger partial charge is 0.423 e. The second-order valence-corrected chi connectivity index (χ2v) is 3.35. The van der Waals surface area contributed by atoms with Crippen molar-refractivity contribution in [3.63, 3.8) is 0 Å². The Morgan fingerprint density at radius 2 is 1.94 bits per heavy atom. The van der Waals surface area contributed by atoms with Crippen LogP contribution in [0.4, 0.5) is 18.9 Å². The van der Waals surface area contributed by atoms with Gasteiger partial charge in [-0.05, 0) is 19.1 Å². The number of Topliss-reactive ketones (excluding diaryl/α,β-unsaturated/α-hetero) is 1. The molecule has 0 fully saturated rings. The number of alkyl halides is 3. The van der Waals surface area contributed by atoms with Crippen molar-refractivity contribution < 1.29 is 27.7 Å². The SMILES string of the molecule is CC(=O)c1ccc(C=O)c([N+](=O)[O-])c1C(F)(F)F. The van der Waals surface area contributed by atoms with Gasteiger partial charge in [0.05, 0.1) is 10.5 Å². The van der Waals surface area contributed by atoms with Crippen LogP contribution < -0.4 is 0 Å². The van der Waals surface area contributed by atoms with Crippen LogP contribution in [-0.2, 0) is 6.18 Å². The lowest BCUT2D eigenvalue weighted by molar-refractivity contribution is -0.388. The molecule has 0 unspecified atom stereocenters. The molecule has 0 spiro atoms. The molecular weight excluding hydrogens is 255 g/mol. The molecule has 0 atom stereocenters. The van der Waals surface area contributed by atoms with Gasteiger partial charge in [0, 0.05) is 5.56 Å². The second kappa shape index (κ2) is 4.55. The number of ketones is 1. The Balaban J connectivity index is 3.83. The van der Waals surface area contributed by atoms with E-state index in [-0.39, 0.29) is 6.29 Å². The molecule has 0 aliphatic rings. The van der Waals surface area contributed by atoms with Gasteiger partial charge in [-0.25, -0.2) is 0 Å². The van der Waals surface area contributed by atoms with Gasteiger partial charge in [0.1, 0.15) is 5.56 Å². The molecule has 1 aromatic rings. The highest BCUT2D eigenvalue weighted by Gasteiger charge is 2.43. The average molecular weight is 261 g/mol. The molecule has 5 nitrogen and oxygen atoms in total. The summed E-state index contributed by atoms with van der Waals surface area (Å²) in [5, 5.41) is 10.7. The Labute approximate surface area is 98.4 Å². The number of halogens is 3. The number of rotatable bonds is 3. The van der Waals surface area contributed by atoms with Gasteiger partial charge in [-0.2, -0.15) is 13.2 Å². The molecule has 0 aliphatic heterocycles. The number of aldehydes is 1. The van der Waals surface area contributed by atoms with Crippen LogP contribution in [0, 0.1) is 10.1 Å². The monoisotopic (exact) mass is 261 g/mol. The third kappa shape index (κ3) is 2.36. The van der Waals surface area contributed by atoms with Crippen molar-refractivity contribution in [2.75, 3.05) is 0 Å². The summed E-state index contributed by atoms with van der Waals surface area (Å²) in [7, 11) is 0. The predicted octanol–water partition coefficient (Wildman–Crippen LogP) is 2.63. The molecule has 8 heteroatoms. The lowest BCUT2D eigenvalue weighted by Crippen LogP contribution is -2.16. The van der Waals surface area contributed by atoms with E-state index >= 15 is 0 Å². The maximum Gasteiger partial charge on any atom is 0.423 e. The molecule has 1 aromatic carbocycles. The maximum absolute atomic E-state index is 12.8. The Kier molecular flexibility index (Phi) is 3.49. The first-order chi connectivity index (χ1) is 8.20. The van der Waals surface area contributed by atoms with Crippen molar-refractivity contribution >= 4 is 17.8 Å². The quantitative estimate of drug-likeness (QED) is 0.362. The molecule has 18 heavy (non-hydrogen) atoms. The Morgan fingerprint density at radius 3 is 2.28 bits per heavy atom. The topological polar surface area (TPSA) is 77.3 Å². The zero-order valence-corrected chi connectivity index (χ0v) is 8.95. The predicted molar refractivity (Wildman–Crippen MR) is 53.5 cm³/mol. The van der Waals surface area contributed by atoms with E-state index in [1.54, 1.807) is 0 Å². The molecule has 96 valence electrons. The summed E-state index contributed by atoms with van der Waals surface area (Å²) in [5.74, 6) is -0.970. The normalized spacial score (nSPS) is 11.1. The fourth-order valence-corrected chi connectivity index (χ4v) is 1.48. The molecule has 0 aliphatic carbocycles. The number of benzene rings is 1. The number of hydrogen-bond donors (Lipinski definition) is 0. The van der Waals surface area contributed by atoms with E-state index in [1.807, 2.05) is 0 Å². The highest BCUT2D eigenvalue weighted by atomic mass is 19.4. The fraction of sp³-hybridized carbons (Fsp3) is 0.200. The van der Waals surface area contributed by atoms with E-state index in [1.165, 1.54) is 0 Å². The van der Waals surface area contributed by atoms with Crippen LogP contribution >= 0.6 is 0 Å². The molecule has 0 aromatic heterocycles. The lowest BCUT2D eigenvalue weighted by Gasteiger charge is -2.12. The lowest BCUT2D eigenvalue weighted by atomic mass is 9.98. The molecular formula is C10H6F3NO4. The molecule has 1 rings (SSSR count). The third-order valence-electron chi connectivity index (χ3n) is 2.18. The molecule has 0 heterocycles. The van der Waals surface area contributed by atoms with Gasteiger partial charge >= 0.3 is 6.18 Å². The number of carbonyl (C=O) groups excluding carboxylic acids is 2. The van der Waals surface area contributed by atoms with Gasteiger partial charge in [-0.3, -0.25) is 19.7 Å². The van der Waals surface area contributed by atoms with Crippen molar-refractivity contribution in [1.29, 1.82) is 0 Å². The van der Waals surface area contributed by atoms with Crippen LogP contribution in [0.5, 0.6) is 0 Å². The number of nitro groups is 1. The van der Waals surface area contributed by atoms with Crippen LogP contribution in [0.1, 0.15) is 33.2 Å². The van der Waals surface area contributed by atoms with Crippen molar-refractivity contribution in [3.05, 3.63) is 38.9 Å². The second-order valence-electron chi connectivity index (χ2n) is 3.35. The first-order valence-corrected chi connectivity index (χ1v) is 4.54. The van der Waals surface area contributed by atoms with Crippen molar-refractivity contribution in [2.24, 2.45) is 0 Å². The summed E-state index contributed by atoms with van der Waals surface area (Å²) in [6.45, 7) is 0.856. The van der Waals surface area contributed by atoms with Crippen LogP contribution in [0.2, 0.25) is 0 Å². The van der Waals surface area contributed by atoms with E-state index in [0.717, 1.165) is 19.1 Å². The number of nitrogens with zero attached hydrogens (tertiary/aromatic N) is 1. The van der Waals surface area contributed by atoms with Gasteiger partial charge in [-0.1, -0.05) is 0 Å². The summed E-state index contributed by atoms with van der Waals surface area (Å²) in [6.07, 6.45) is -5.15. The minimum absolute atomic E-state index is 0.0582. The van der Waals surface area contributed by atoms with Gasteiger partial charge in [0.2, 0.25) is 0 Å². The van der Waals surface area contributed by atoms with Crippen LogP contribution in [0.3, 0.4) is 0 Å². The zero-order valence-electron chi connectivity index (χ0n) is 8.95. The van der Waals surface area contributed by atoms with E-state index in [9.17, 15) is 32.9 Å². The van der Waals surface area contributed by atoms with E-state index in [2.05, 4.69) is 0 Å². The molecule has 0 amide bonds. The highest BCUT2D eigenvalue weighted by molar-refractivity contribution is 5.98. The standard InChI is InChI=1S/C10H6F3NO4/c1-5(16)7-3-2-6(4-15)9(14(17)18)8(7)10(11,12)13/h2-4H,1H3. The summed E-state index contributed by atoms with van der Waals surface area (Å²) >= 11 is 0. The summed E-state index contributed by atoms with van der Waals surface area (Å²) in [6, 6.07) is 1.57. The smallest absolute Gasteiger partial charge is 0.298 e. The van der Waals surface area contributed by atoms with Crippen LogP contribution in [0.25, 0.3) is 0 Å². The minimum Gasteiger partial charge on any atom is -0.298 e. The van der Waals surface area contributed by atoms with Crippen molar-refractivity contribution in [2.45, 2.75) is 13.1 Å². The van der Waals surface area contributed by atoms with Crippen molar-refractivity contribution in [1.82, 2.24) is 0 Å². The first kappa shape index (κ1) is 13.8. The zero-order chi connectivity index (χ0) is 14.1. The minimum atomic E-state index is -5.09. The number of hydrogen-bond acceptors (Lipinski definition) is 4. The summed E-state index contributed by atoms with van der Waals surface area (Å²) in [4.78, 5) is 30.9. The third-order valence-corrected chi connectivity index (χ3v) is 2.18. The molecule has 0 bridgehead atoms. The summed E-state index contributed by atoms with van der Waals surface area (Å²) in [5.41, 5.74) is -4.65. The molecule has 0 N–H and O–H groups in total. The van der Waals surface area contributed by atoms with E-state index < -0.39 is 39.3 Å². The number of nitro benzene ring substituents is 1. The number of carbonyl (C=O) groups is 2. The summed E-state index contributed by atoms with van der Waals surface area (Å²) < 4.78 is 38.3. The van der Waals surface area contributed by atoms with E-state index in [4.69, 9.17) is 0 Å². The molecule has 0 saturated heterocycles. The molecule has 0 saturated carbocycles. The van der Waals surface area contributed by atoms with Gasteiger partial charge in [-0.15, -0.1) is 0 Å². The fourth-order valence-electron chi connectivity index (χ4n) is 1.48. The first-order valence-electron chi connectivity index (χ1n) is 4.54. The van der Waals surface area contributed by atoms with Gasteiger partial charge in [0.25, 0.3) is 5.69 Å².